The minimum atomic E-state index is -1.20. The first kappa shape index (κ1) is 51.2. The van der Waals surface area contributed by atoms with Gasteiger partial charge < -0.3 is 71.5 Å². The second kappa shape index (κ2) is 18.2. The Bertz CT molecular complexity index is 4010. The van der Waals surface area contributed by atoms with Crippen LogP contribution in [0.2, 0.25) is 0 Å². The second-order valence-electron chi connectivity index (χ2n) is 19.0. The molecular weight excluding hydrogens is 997 g/mol. The Labute approximate surface area is 448 Å². The van der Waals surface area contributed by atoms with Crippen molar-refractivity contribution in [1.29, 1.82) is 0 Å². The molecule has 0 atom stereocenters. The topological polar surface area (TPSA) is 322 Å². The molecule has 2 aromatic heterocycles. The molecule has 0 aliphatic rings. The number of aromatic nitrogens is 3. The van der Waals surface area contributed by atoms with Crippen LogP contribution in [0.1, 0.15) is 0 Å². The minimum Gasteiger partial charge on any atom is -0.508 e. The number of hydrogen-bond donors (Lipinski definition) is 14. The smallest absolute Gasteiger partial charge is 0.208 e. The number of phenols is 14. The lowest BCUT2D eigenvalue weighted by Crippen LogP contribution is -2.35. The van der Waals surface area contributed by atoms with Crippen LogP contribution in [0.25, 0.3) is 98.8 Å². The number of thiophene rings is 1. The van der Waals surface area contributed by atoms with Gasteiger partial charge in [0.25, 0.3) is 0 Å². The maximum absolute atomic E-state index is 12.7. The third-order valence-corrected chi connectivity index (χ3v) is 16.2. The van der Waals surface area contributed by atoms with Crippen molar-refractivity contribution in [3.8, 4) is 159 Å². The summed E-state index contributed by atoms with van der Waals surface area (Å²) in [5.74, 6) is -12.9. The summed E-state index contributed by atoms with van der Waals surface area (Å²) in [6.07, 6.45) is 0. The van der Waals surface area contributed by atoms with Crippen LogP contribution in [0, 0.1) is 0 Å². The normalized spacial score (nSPS) is 11.5. The third kappa shape index (κ3) is 7.37. The lowest BCUT2D eigenvalue weighted by Gasteiger charge is -2.23. The third-order valence-electron chi connectivity index (χ3n) is 14.9. The lowest BCUT2D eigenvalue weighted by molar-refractivity contribution is 0.330. The SMILES string of the molecule is Bc1c(B)c(-c2c(B)c(O)c(-c3nc(-c4c(B)c(B)c(-c5c(O)c(O)c(O)c(O)c5O)c(B)c4O)nc(-c4c(O)c(B)c(O)c(-c5cccc6c5sc5c(-c7ccccc7)cccc56)c4O)n3)c(O)c2B)c(O)c(O)c1O. The zero-order valence-corrected chi connectivity index (χ0v) is 43.2. The van der Waals surface area contributed by atoms with Gasteiger partial charge in [0.1, 0.15) is 108 Å². The van der Waals surface area contributed by atoms with Crippen molar-refractivity contribution in [3.05, 3.63) is 66.7 Å². The first-order valence-electron chi connectivity index (χ1n) is 23.8. The van der Waals surface area contributed by atoms with Gasteiger partial charge in [0, 0.05) is 31.3 Å². The van der Waals surface area contributed by atoms with Gasteiger partial charge in [0.2, 0.25) is 17.2 Å². The number of nitrogens with zero attached hydrogens (tertiary/aromatic N) is 3. The Hall–Kier alpha value is -9.29. The molecule has 0 saturated carbocycles. The largest absolute Gasteiger partial charge is 0.508 e. The van der Waals surface area contributed by atoms with Gasteiger partial charge in [-0.2, -0.15) is 0 Å². The van der Waals surface area contributed by atoms with E-state index in [4.69, 9.17) is 9.97 Å². The molecule has 26 heteroatoms. The van der Waals surface area contributed by atoms with Crippen LogP contribution < -0.4 is 43.7 Å². The Balaban J connectivity index is 1.28. The maximum Gasteiger partial charge on any atom is 0.208 e. The van der Waals surface area contributed by atoms with Crippen LogP contribution in [0.3, 0.4) is 0 Å². The summed E-state index contributed by atoms with van der Waals surface area (Å²) in [7, 11) is 11.8. The molecule has 0 aliphatic carbocycles. The zero-order valence-electron chi connectivity index (χ0n) is 42.4. The molecule has 2 heterocycles. The van der Waals surface area contributed by atoms with Gasteiger partial charge >= 0.3 is 0 Å². The van der Waals surface area contributed by atoms with Crippen molar-refractivity contribution in [2.24, 2.45) is 0 Å². The second-order valence-corrected chi connectivity index (χ2v) is 20.0. The average molecular weight is 1040 g/mol. The van der Waals surface area contributed by atoms with E-state index in [1.165, 1.54) is 66.3 Å². The number of rotatable bonds is 7. The van der Waals surface area contributed by atoms with Crippen LogP contribution >= 0.6 is 11.3 Å². The molecule has 0 amide bonds. The van der Waals surface area contributed by atoms with Crippen LogP contribution in [0.15, 0.2) is 66.7 Å². The first-order chi connectivity index (χ1) is 36.4. The number of fused-ring (bicyclic) bond motifs is 3. The summed E-state index contributed by atoms with van der Waals surface area (Å²) in [5, 5.41) is 161. The minimum absolute atomic E-state index is 0.0206. The molecule has 17 nitrogen and oxygen atoms in total. The molecule has 374 valence electrons. The summed E-state index contributed by atoms with van der Waals surface area (Å²) in [6.45, 7) is 0. The predicted molar refractivity (Wildman–Crippen MR) is 319 cm³/mol. The van der Waals surface area contributed by atoms with Crippen LogP contribution in [-0.2, 0) is 0 Å². The summed E-state index contributed by atoms with van der Waals surface area (Å²) in [6, 6.07) is 21.1. The monoisotopic (exact) mass is 1040 g/mol. The van der Waals surface area contributed by atoms with E-state index in [2.05, 4.69) is 4.98 Å². The van der Waals surface area contributed by atoms with E-state index < -0.39 is 115 Å². The van der Waals surface area contributed by atoms with Gasteiger partial charge in [0.15, 0.2) is 46.2 Å². The van der Waals surface area contributed by atoms with E-state index in [1.807, 2.05) is 54.6 Å². The van der Waals surface area contributed by atoms with Gasteiger partial charge in [-0.05, 0) is 49.6 Å². The first-order valence-corrected chi connectivity index (χ1v) is 24.6. The summed E-state index contributed by atoms with van der Waals surface area (Å²) in [4.78, 5) is 14.1. The average Bonchev–Trinajstić information content (AvgIpc) is 3.94. The number of aromatic hydroxyl groups is 14. The highest BCUT2D eigenvalue weighted by Gasteiger charge is 2.34. The fraction of sp³-hybridized carbons (Fsp3) is 0. The molecule has 0 aliphatic heterocycles. The highest BCUT2D eigenvalue weighted by atomic mass is 32.1. The number of hydrogen-bond acceptors (Lipinski definition) is 18. The summed E-state index contributed by atoms with van der Waals surface area (Å²) < 4.78 is 1.60. The molecule has 0 unspecified atom stereocenters. The van der Waals surface area contributed by atoms with E-state index in [-0.39, 0.29) is 66.1 Å². The number of benzene rings is 8. The highest BCUT2D eigenvalue weighted by Crippen LogP contribution is 2.55. The fourth-order valence-corrected chi connectivity index (χ4v) is 11.8. The van der Waals surface area contributed by atoms with Crippen molar-refractivity contribution in [2.45, 2.75) is 0 Å². The van der Waals surface area contributed by atoms with Gasteiger partial charge in [-0.1, -0.05) is 83.1 Å². The van der Waals surface area contributed by atoms with Crippen molar-refractivity contribution in [1.82, 2.24) is 15.0 Å². The van der Waals surface area contributed by atoms with Crippen LogP contribution in [0.5, 0.6) is 80.5 Å². The Morgan fingerprint density at radius 3 is 1.18 bits per heavy atom. The Morgan fingerprint density at radius 2 is 0.636 bits per heavy atom. The van der Waals surface area contributed by atoms with Crippen molar-refractivity contribution in [3.63, 3.8) is 0 Å². The van der Waals surface area contributed by atoms with E-state index in [0.717, 1.165) is 26.6 Å². The van der Waals surface area contributed by atoms with E-state index >= 15 is 0 Å². The van der Waals surface area contributed by atoms with Gasteiger partial charge in [0.05, 0.1) is 16.7 Å². The Morgan fingerprint density at radius 1 is 0.260 bits per heavy atom. The quantitative estimate of drug-likeness (QED) is 0.0410. The molecule has 0 spiro atoms. The van der Waals surface area contributed by atoms with Gasteiger partial charge in [-0.25, -0.2) is 15.0 Å². The molecule has 0 fully saturated rings. The molecule has 77 heavy (non-hydrogen) atoms. The molecule has 0 bridgehead atoms. The van der Waals surface area contributed by atoms with E-state index in [0.29, 0.717) is 15.7 Å². The van der Waals surface area contributed by atoms with Crippen LogP contribution in [0.4, 0.5) is 0 Å². The molecular formula is C51H41B8N3O14S. The van der Waals surface area contributed by atoms with Gasteiger partial charge in [-0.15, -0.1) is 11.3 Å². The molecule has 0 saturated heterocycles. The zero-order chi connectivity index (χ0) is 55.7. The predicted octanol–water partition coefficient (Wildman–Crippen LogP) is -4.15. The fourth-order valence-electron chi connectivity index (χ4n) is 10.4. The van der Waals surface area contributed by atoms with Crippen LogP contribution in [-0.4, -0.2) is 149 Å². The summed E-state index contributed by atoms with van der Waals surface area (Å²) >= 11 is 1.43. The van der Waals surface area contributed by atoms with E-state index in [1.54, 1.807) is 20.0 Å². The van der Waals surface area contributed by atoms with Crippen molar-refractivity contribution >= 4 is 138 Å². The molecule has 10 rings (SSSR count). The lowest BCUT2D eigenvalue weighted by atomic mass is 9.68. The highest BCUT2D eigenvalue weighted by molar-refractivity contribution is 7.27. The summed E-state index contributed by atoms with van der Waals surface area (Å²) in [5.41, 5.74) is 1.22. The molecule has 14 N–H and O–H groups in total. The number of phenolic OH excluding ortho intramolecular Hbond substituents is 14. The standard InChI is InChI=1S/C51H41B8N3O14S/c52-25-19(21-40(70)44(74)46(76)45(75)41(21)71)30(57)35(65)22(27(25)54)49-60-50(62-51(61-49)24-36(66)28(55)18(29(56)37(24)67)20-26(53)31(58)42(72)43(73)39(20)69)23-33(63)17(34(64)32(59)38(23)68)16-11-5-10-15-14-9-4-8-13(47(14)77-48(15)16)12-6-2-1-3-7-12/h1-11,63-76H,52-59H2. The van der Waals surface area contributed by atoms with Crippen molar-refractivity contribution in [2.75, 3.05) is 0 Å². The van der Waals surface area contributed by atoms with Crippen molar-refractivity contribution < 1.29 is 71.5 Å². The molecule has 10 aromatic rings. The van der Waals surface area contributed by atoms with E-state index in [9.17, 15) is 71.5 Å². The Kier molecular flexibility index (Phi) is 12.1. The maximum atomic E-state index is 12.7. The van der Waals surface area contributed by atoms with Gasteiger partial charge in [-0.3, -0.25) is 0 Å². The molecule has 8 aromatic carbocycles. The molecule has 0 radical (unpaired) electrons.